The summed E-state index contributed by atoms with van der Waals surface area (Å²) in [6.45, 7) is 4.89. The zero-order chi connectivity index (χ0) is 13.7. The molecule has 0 aliphatic heterocycles. The van der Waals surface area contributed by atoms with Gasteiger partial charge in [0.1, 0.15) is 5.69 Å². The minimum atomic E-state index is -0.0432. The maximum atomic E-state index is 12.3. The summed E-state index contributed by atoms with van der Waals surface area (Å²) in [6.07, 6.45) is 4.05. The minimum Gasteiger partial charge on any atom is -0.395 e. The van der Waals surface area contributed by atoms with Crippen molar-refractivity contribution in [3.05, 3.63) is 11.4 Å². The van der Waals surface area contributed by atoms with Crippen LogP contribution >= 0.6 is 0 Å². The third kappa shape index (κ3) is 3.03. The van der Waals surface area contributed by atoms with Crippen LogP contribution < -0.4 is 5.73 Å². The van der Waals surface area contributed by atoms with Gasteiger partial charge in [-0.15, -0.1) is 0 Å². The number of nitrogens with two attached hydrogens (primary N) is 1. The van der Waals surface area contributed by atoms with Crippen molar-refractivity contribution in [2.24, 2.45) is 7.05 Å². The van der Waals surface area contributed by atoms with Crippen LogP contribution in [0, 0.1) is 0 Å². The van der Waals surface area contributed by atoms with E-state index in [-0.39, 0.29) is 5.91 Å². The predicted molar refractivity (Wildman–Crippen MR) is 73.5 cm³/mol. The Morgan fingerprint density at radius 2 is 2.06 bits per heavy atom. The molecule has 18 heavy (non-hydrogen) atoms. The van der Waals surface area contributed by atoms with Gasteiger partial charge in [0, 0.05) is 20.6 Å². The first-order valence-electron chi connectivity index (χ1n) is 6.59. The Hall–Kier alpha value is -1.52. The van der Waals surface area contributed by atoms with E-state index < -0.39 is 0 Å². The molecule has 0 aromatic carbocycles. The number of aromatic nitrogens is 2. The molecule has 0 atom stereocenters. The molecule has 0 unspecified atom stereocenters. The SMILES string of the molecule is CCCCCN(C)C(=O)c1c(N)c(CC)nn1C. The van der Waals surface area contributed by atoms with Crippen LogP contribution in [0.4, 0.5) is 5.69 Å². The molecule has 1 aromatic heterocycles. The fourth-order valence-electron chi connectivity index (χ4n) is 1.99. The van der Waals surface area contributed by atoms with Crippen LogP contribution in [-0.4, -0.2) is 34.2 Å². The van der Waals surface area contributed by atoms with E-state index in [1.807, 2.05) is 14.0 Å². The van der Waals surface area contributed by atoms with Gasteiger partial charge < -0.3 is 10.6 Å². The van der Waals surface area contributed by atoms with E-state index in [0.717, 1.165) is 37.9 Å². The van der Waals surface area contributed by atoms with Gasteiger partial charge in [-0.3, -0.25) is 9.48 Å². The van der Waals surface area contributed by atoms with Crippen molar-refractivity contribution >= 4 is 11.6 Å². The number of hydrogen-bond acceptors (Lipinski definition) is 3. The van der Waals surface area contributed by atoms with Crippen LogP contribution in [0.1, 0.15) is 49.3 Å². The van der Waals surface area contributed by atoms with Crippen LogP contribution in [0.15, 0.2) is 0 Å². The van der Waals surface area contributed by atoms with Crippen LogP contribution in [0.2, 0.25) is 0 Å². The minimum absolute atomic E-state index is 0.0432. The van der Waals surface area contributed by atoms with E-state index in [4.69, 9.17) is 5.73 Å². The fraction of sp³-hybridized carbons (Fsp3) is 0.692. The lowest BCUT2D eigenvalue weighted by molar-refractivity contribution is 0.0783. The summed E-state index contributed by atoms with van der Waals surface area (Å²) in [5.41, 5.74) is 7.80. The maximum Gasteiger partial charge on any atom is 0.274 e. The van der Waals surface area contributed by atoms with E-state index in [9.17, 15) is 4.79 Å². The summed E-state index contributed by atoms with van der Waals surface area (Å²) in [7, 11) is 3.58. The van der Waals surface area contributed by atoms with Gasteiger partial charge in [-0.25, -0.2) is 0 Å². The molecule has 5 nitrogen and oxygen atoms in total. The number of aryl methyl sites for hydroxylation is 2. The number of nitrogens with zero attached hydrogens (tertiary/aromatic N) is 3. The number of unbranched alkanes of at least 4 members (excludes halogenated alkanes) is 2. The topological polar surface area (TPSA) is 64.2 Å². The van der Waals surface area contributed by atoms with Crippen LogP contribution in [0.5, 0.6) is 0 Å². The molecule has 1 heterocycles. The summed E-state index contributed by atoms with van der Waals surface area (Å²) >= 11 is 0. The van der Waals surface area contributed by atoms with Crippen LogP contribution in [0.3, 0.4) is 0 Å². The quantitative estimate of drug-likeness (QED) is 0.785. The molecule has 5 heteroatoms. The van der Waals surface area contributed by atoms with Crippen molar-refractivity contribution < 1.29 is 4.79 Å². The maximum absolute atomic E-state index is 12.3. The van der Waals surface area contributed by atoms with Gasteiger partial charge in [0.05, 0.1) is 11.4 Å². The van der Waals surface area contributed by atoms with Gasteiger partial charge in [-0.2, -0.15) is 5.10 Å². The van der Waals surface area contributed by atoms with Crippen LogP contribution in [-0.2, 0) is 13.5 Å². The molecule has 0 fully saturated rings. The monoisotopic (exact) mass is 252 g/mol. The second-order valence-electron chi connectivity index (χ2n) is 4.62. The summed E-state index contributed by atoms with van der Waals surface area (Å²) < 4.78 is 1.59. The molecule has 0 aliphatic rings. The predicted octanol–water partition coefficient (Wildman–Crippen LogP) is 1.83. The van der Waals surface area contributed by atoms with E-state index in [1.54, 1.807) is 16.6 Å². The molecular weight excluding hydrogens is 228 g/mol. The van der Waals surface area contributed by atoms with Crippen molar-refractivity contribution in [2.75, 3.05) is 19.3 Å². The van der Waals surface area contributed by atoms with Crippen molar-refractivity contribution in [2.45, 2.75) is 39.5 Å². The zero-order valence-corrected chi connectivity index (χ0v) is 11.9. The molecule has 0 bridgehead atoms. The van der Waals surface area contributed by atoms with Gasteiger partial charge in [-0.05, 0) is 12.8 Å². The standard InChI is InChI=1S/C13H24N4O/c1-5-7-8-9-16(3)13(18)12-11(14)10(6-2)15-17(12)4/h5-9,14H2,1-4H3. The lowest BCUT2D eigenvalue weighted by Gasteiger charge is -2.17. The first kappa shape index (κ1) is 14.5. The Morgan fingerprint density at radius 1 is 1.39 bits per heavy atom. The summed E-state index contributed by atoms with van der Waals surface area (Å²) in [6, 6.07) is 0. The highest BCUT2D eigenvalue weighted by Crippen LogP contribution is 2.18. The summed E-state index contributed by atoms with van der Waals surface area (Å²) in [5.74, 6) is -0.0432. The van der Waals surface area contributed by atoms with Gasteiger partial charge in [0.2, 0.25) is 0 Å². The van der Waals surface area contributed by atoms with Crippen molar-refractivity contribution in [3.8, 4) is 0 Å². The first-order chi connectivity index (χ1) is 8.52. The highest BCUT2D eigenvalue weighted by molar-refractivity contribution is 5.97. The second-order valence-corrected chi connectivity index (χ2v) is 4.62. The lowest BCUT2D eigenvalue weighted by atomic mass is 10.2. The molecule has 102 valence electrons. The van der Waals surface area contributed by atoms with Crippen molar-refractivity contribution in [3.63, 3.8) is 0 Å². The number of carbonyl (C=O) groups is 1. The van der Waals surface area contributed by atoms with Gasteiger partial charge in [0.15, 0.2) is 0 Å². The molecular formula is C13H24N4O. The Labute approximate surface area is 109 Å². The van der Waals surface area contributed by atoms with Gasteiger partial charge in [0.25, 0.3) is 5.91 Å². The number of hydrogen-bond donors (Lipinski definition) is 1. The molecule has 1 aromatic rings. The average Bonchev–Trinajstić information content (AvgIpc) is 2.63. The number of anilines is 1. The molecule has 1 amide bonds. The second kappa shape index (κ2) is 6.42. The Morgan fingerprint density at radius 3 is 2.56 bits per heavy atom. The molecule has 2 N–H and O–H groups in total. The third-order valence-electron chi connectivity index (χ3n) is 3.14. The van der Waals surface area contributed by atoms with E-state index in [0.29, 0.717) is 11.4 Å². The molecule has 0 aliphatic carbocycles. The Balaban J connectivity index is 2.80. The van der Waals surface area contributed by atoms with Crippen LogP contribution in [0.25, 0.3) is 0 Å². The smallest absolute Gasteiger partial charge is 0.274 e. The van der Waals surface area contributed by atoms with Crippen molar-refractivity contribution in [1.29, 1.82) is 0 Å². The van der Waals surface area contributed by atoms with E-state index in [1.165, 1.54) is 0 Å². The number of carbonyl (C=O) groups excluding carboxylic acids is 1. The summed E-state index contributed by atoms with van der Waals surface area (Å²) in [5, 5.41) is 4.27. The number of amides is 1. The highest BCUT2D eigenvalue weighted by atomic mass is 16.2. The van der Waals surface area contributed by atoms with Gasteiger partial charge >= 0.3 is 0 Å². The highest BCUT2D eigenvalue weighted by Gasteiger charge is 2.21. The zero-order valence-electron chi connectivity index (χ0n) is 11.9. The lowest BCUT2D eigenvalue weighted by Crippen LogP contribution is -2.30. The number of nitrogen functional groups attached to an aromatic ring is 1. The Kier molecular flexibility index (Phi) is 5.19. The van der Waals surface area contributed by atoms with E-state index in [2.05, 4.69) is 12.0 Å². The average molecular weight is 252 g/mol. The third-order valence-corrected chi connectivity index (χ3v) is 3.14. The molecule has 0 saturated carbocycles. The fourth-order valence-corrected chi connectivity index (χ4v) is 1.99. The first-order valence-corrected chi connectivity index (χ1v) is 6.59. The summed E-state index contributed by atoms with van der Waals surface area (Å²) in [4.78, 5) is 14.0. The molecule has 1 rings (SSSR count). The largest absolute Gasteiger partial charge is 0.395 e. The van der Waals surface area contributed by atoms with Crippen molar-refractivity contribution in [1.82, 2.24) is 14.7 Å². The molecule has 0 radical (unpaired) electrons. The Bertz CT molecular complexity index is 411. The normalized spacial score (nSPS) is 10.7. The molecule has 0 spiro atoms. The van der Waals surface area contributed by atoms with Gasteiger partial charge in [-0.1, -0.05) is 26.7 Å². The molecule has 0 saturated heterocycles. The number of rotatable bonds is 6. The van der Waals surface area contributed by atoms with E-state index >= 15 is 0 Å².